The van der Waals surface area contributed by atoms with Crippen molar-refractivity contribution in [3.8, 4) is 0 Å². The lowest BCUT2D eigenvalue weighted by Gasteiger charge is -2.25. The van der Waals surface area contributed by atoms with Crippen LogP contribution in [-0.2, 0) is 11.3 Å². The first kappa shape index (κ1) is 16.9. The summed E-state index contributed by atoms with van der Waals surface area (Å²) >= 11 is 1.45. The van der Waals surface area contributed by atoms with Crippen molar-refractivity contribution in [3.63, 3.8) is 0 Å². The van der Waals surface area contributed by atoms with E-state index in [2.05, 4.69) is 10.00 Å². The van der Waals surface area contributed by atoms with Gasteiger partial charge in [0.15, 0.2) is 10.8 Å². The van der Waals surface area contributed by atoms with Gasteiger partial charge < -0.3 is 14.7 Å². The topological polar surface area (TPSA) is 80.5 Å². The fourth-order valence-corrected chi connectivity index (χ4v) is 4.09. The number of aryl methyl sites for hydroxylation is 1. The highest BCUT2D eigenvalue weighted by molar-refractivity contribution is 7.22. The van der Waals surface area contributed by atoms with Crippen LogP contribution in [0.25, 0.3) is 10.2 Å². The number of aromatic carboxylic acids is 1. The molecule has 3 heterocycles. The number of thiazole rings is 1. The molecule has 0 radical (unpaired) electrons. The highest BCUT2D eigenvalue weighted by Gasteiger charge is 2.19. The summed E-state index contributed by atoms with van der Waals surface area (Å²) in [4.78, 5) is 17.9. The Labute approximate surface area is 152 Å². The molecule has 1 fully saturated rings. The number of carbonyl (C=O) groups is 1. The van der Waals surface area contributed by atoms with Gasteiger partial charge in [0, 0.05) is 24.3 Å². The van der Waals surface area contributed by atoms with Crippen LogP contribution in [0.15, 0.2) is 18.2 Å². The van der Waals surface area contributed by atoms with Crippen LogP contribution in [0.1, 0.15) is 21.7 Å². The molecule has 136 valence electrons. The summed E-state index contributed by atoms with van der Waals surface area (Å²) in [5.41, 5.74) is 2.08. The minimum Gasteiger partial charge on any atom is -0.476 e. The normalized spacial score (nSPS) is 14.9. The second kappa shape index (κ2) is 6.65. The number of carboxylic acids is 1. The standard InChI is InChI=1S/C17H17FN4O3S/c1-10-6-13(16(23)24)20-22(10)9-11-7-12(18)8-14-15(11)19-17(26-14)21-2-4-25-5-3-21/h6-8H,2-5,9H2,1H3,(H,23,24). The Morgan fingerprint density at radius 3 is 2.81 bits per heavy atom. The van der Waals surface area contributed by atoms with E-state index in [-0.39, 0.29) is 18.1 Å². The number of morpholine rings is 1. The molecule has 26 heavy (non-hydrogen) atoms. The van der Waals surface area contributed by atoms with Gasteiger partial charge in [0.2, 0.25) is 0 Å². The van der Waals surface area contributed by atoms with Crippen LogP contribution in [0.5, 0.6) is 0 Å². The van der Waals surface area contributed by atoms with Gasteiger partial charge in [-0.2, -0.15) is 5.10 Å². The predicted octanol–water partition coefficient (Wildman–Crippen LogP) is 2.52. The Balaban J connectivity index is 1.72. The van der Waals surface area contributed by atoms with Crippen molar-refractivity contribution in [3.05, 3.63) is 41.0 Å². The Morgan fingerprint density at radius 1 is 1.35 bits per heavy atom. The maximum Gasteiger partial charge on any atom is 0.356 e. The van der Waals surface area contributed by atoms with Crippen molar-refractivity contribution in [1.29, 1.82) is 0 Å². The van der Waals surface area contributed by atoms with Crippen LogP contribution in [0, 0.1) is 12.7 Å². The predicted molar refractivity (Wildman–Crippen MR) is 95.6 cm³/mol. The van der Waals surface area contributed by atoms with E-state index in [4.69, 9.17) is 14.8 Å². The zero-order valence-corrected chi connectivity index (χ0v) is 14.9. The smallest absolute Gasteiger partial charge is 0.356 e. The molecule has 0 spiro atoms. The molecule has 3 aromatic rings. The lowest BCUT2D eigenvalue weighted by molar-refractivity contribution is 0.0689. The van der Waals surface area contributed by atoms with E-state index >= 15 is 0 Å². The molecule has 0 aliphatic carbocycles. The number of ether oxygens (including phenoxy) is 1. The summed E-state index contributed by atoms with van der Waals surface area (Å²) in [6.45, 7) is 4.87. The largest absolute Gasteiger partial charge is 0.476 e. The third-order valence-electron chi connectivity index (χ3n) is 4.33. The maximum atomic E-state index is 14.1. The second-order valence-corrected chi connectivity index (χ2v) is 7.15. The van der Waals surface area contributed by atoms with Crippen molar-refractivity contribution >= 4 is 32.7 Å². The first-order chi connectivity index (χ1) is 12.5. The summed E-state index contributed by atoms with van der Waals surface area (Å²) in [6.07, 6.45) is 0. The fourth-order valence-electron chi connectivity index (χ4n) is 3.00. The van der Waals surface area contributed by atoms with Gasteiger partial charge in [-0.05, 0) is 25.1 Å². The van der Waals surface area contributed by atoms with Crippen LogP contribution in [0.3, 0.4) is 0 Å². The quantitative estimate of drug-likeness (QED) is 0.754. The molecule has 9 heteroatoms. The van der Waals surface area contributed by atoms with Gasteiger partial charge in [0.1, 0.15) is 5.82 Å². The molecule has 0 unspecified atom stereocenters. The SMILES string of the molecule is Cc1cc(C(=O)O)nn1Cc1cc(F)cc2sc(N3CCOCC3)nc12. The molecule has 1 N–H and O–H groups in total. The highest BCUT2D eigenvalue weighted by Crippen LogP contribution is 2.32. The van der Waals surface area contributed by atoms with Crippen molar-refractivity contribution < 1.29 is 19.0 Å². The lowest BCUT2D eigenvalue weighted by atomic mass is 10.2. The van der Waals surface area contributed by atoms with Gasteiger partial charge >= 0.3 is 5.97 Å². The van der Waals surface area contributed by atoms with Crippen LogP contribution in [0.4, 0.5) is 9.52 Å². The van der Waals surface area contributed by atoms with E-state index in [1.165, 1.54) is 29.5 Å². The monoisotopic (exact) mass is 376 g/mol. The van der Waals surface area contributed by atoms with Gasteiger partial charge in [0.05, 0.1) is 30.0 Å². The number of nitrogens with zero attached hydrogens (tertiary/aromatic N) is 4. The van der Waals surface area contributed by atoms with E-state index in [1.54, 1.807) is 11.6 Å². The van der Waals surface area contributed by atoms with E-state index in [0.717, 1.165) is 28.4 Å². The summed E-state index contributed by atoms with van der Waals surface area (Å²) in [5, 5.41) is 14.0. The van der Waals surface area contributed by atoms with Gasteiger partial charge in [-0.3, -0.25) is 4.68 Å². The van der Waals surface area contributed by atoms with Crippen molar-refractivity contribution in [1.82, 2.24) is 14.8 Å². The average Bonchev–Trinajstić information content (AvgIpc) is 3.20. The molecular formula is C17H17FN4O3S. The molecule has 4 rings (SSSR count). The highest BCUT2D eigenvalue weighted by atomic mass is 32.1. The number of hydrogen-bond donors (Lipinski definition) is 1. The molecule has 0 amide bonds. The van der Waals surface area contributed by atoms with E-state index in [0.29, 0.717) is 24.5 Å². The summed E-state index contributed by atoms with van der Waals surface area (Å²) < 4.78 is 21.8. The molecule has 1 aromatic carbocycles. The lowest BCUT2D eigenvalue weighted by Crippen LogP contribution is -2.36. The van der Waals surface area contributed by atoms with Crippen LogP contribution >= 0.6 is 11.3 Å². The first-order valence-corrected chi connectivity index (χ1v) is 9.02. The Bertz CT molecular complexity index is 978. The average molecular weight is 376 g/mol. The molecule has 0 bridgehead atoms. The summed E-state index contributed by atoms with van der Waals surface area (Å²) in [5.74, 6) is -1.42. The van der Waals surface area contributed by atoms with Gasteiger partial charge in [0.25, 0.3) is 0 Å². The van der Waals surface area contributed by atoms with E-state index in [9.17, 15) is 9.18 Å². The number of carboxylic acid groups (broad SMARTS) is 1. The zero-order valence-electron chi connectivity index (χ0n) is 14.1. The second-order valence-electron chi connectivity index (χ2n) is 6.14. The molecule has 1 aliphatic heterocycles. The summed E-state index contributed by atoms with van der Waals surface area (Å²) in [7, 11) is 0. The Hall–Kier alpha value is -2.52. The first-order valence-electron chi connectivity index (χ1n) is 8.20. The van der Waals surface area contributed by atoms with E-state index in [1.807, 2.05) is 0 Å². The van der Waals surface area contributed by atoms with Gasteiger partial charge in [-0.1, -0.05) is 11.3 Å². The third-order valence-corrected chi connectivity index (χ3v) is 5.39. The minimum atomic E-state index is -1.08. The zero-order chi connectivity index (χ0) is 18.3. The van der Waals surface area contributed by atoms with E-state index < -0.39 is 5.97 Å². The molecule has 1 aliphatic rings. The number of benzene rings is 1. The number of halogens is 1. The van der Waals surface area contributed by atoms with Crippen LogP contribution in [-0.4, -0.2) is 52.1 Å². The number of hydrogen-bond acceptors (Lipinski definition) is 6. The molecule has 7 nitrogen and oxygen atoms in total. The number of rotatable bonds is 4. The van der Waals surface area contributed by atoms with Crippen molar-refractivity contribution in [2.45, 2.75) is 13.5 Å². The Morgan fingerprint density at radius 2 is 2.12 bits per heavy atom. The van der Waals surface area contributed by atoms with Crippen LogP contribution in [0.2, 0.25) is 0 Å². The van der Waals surface area contributed by atoms with Gasteiger partial charge in [-0.15, -0.1) is 0 Å². The fraction of sp³-hybridized carbons (Fsp3) is 0.353. The molecule has 0 atom stereocenters. The number of aromatic nitrogens is 3. The van der Waals surface area contributed by atoms with Gasteiger partial charge in [-0.25, -0.2) is 14.2 Å². The Kier molecular flexibility index (Phi) is 4.33. The molecule has 1 saturated heterocycles. The summed E-state index contributed by atoms with van der Waals surface area (Å²) in [6, 6.07) is 4.42. The molecule has 2 aromatic heterocycles. The van der Waals surface area contributed by atoms with Crippen molar-refractivity contribution in [2.75, 3.05) is 31.2 Å². The van der Waals surface area contributed by atoms with Crippen molar-refractivity contribution in [2.24, 2.45) is 0 Å². The maximum absolute atomic E-state index is 14.1. The van der Waals surface area contributed by atoms with Crippen LogP contribution < -0.4 is 4.90 Å². The molecule has 0 saturated carbocycles. The number of fused-ring (bicyclic) bond motifs is 1. The minimum absolute atomic E-state index is 0.0255. The number of anilines is 1. The third kappa shape index (κ3) is 3.15. The molecular weight excluding hydrogens is 359 g/mol.